The molecule has 84 valence electrons. The zero-order valence-electron chi connectivity index (χ0n) is 10.3. The number of rotatable bonds is 8. The summed E-state index contributed by atoms with van der Waals surface area (Å²) in [7, 11) is 4.48. The topological polar surface area (TPSA) is 3.24 Å². The van der Waals surface area contributed by atoms with Crippen molar-refractivity contribution in [3.63, 3.8) is 0 Å². The molecule has 0 unspecified atom stereocenters. The lowest BCUT2D eigenvalue weighted by atomic mass is 10.0. The molecule has 0 heterocycles. The van der Waals surface area contributed by atoms with Crippen LogP contribution >= 0.6 is 0 Å². The SMILES string of the molecule is CCCCCCCCC1(N(C)C)CC1. The monoisotopic (exact) mass is 197 g/mol. The van der Waals surface area contributed by atoms with Crippen molar-refractivity contribution in [2.24, 2.45) is 0 Å². The summed E-state index contributed by atoms with van der Waals surface area (Å²) in [5, 5.41) is 0. The Kier molecular flexibility index (Phi) is 4.94. The number of nitrogens with zero attached hydrogens (tertiary/aromatic N) is 1. The first-order valence-corrected chi connectivity index (χ1v) is 6.39. The van der Waals surface area contributed by atoms with E-state index in [1.807, 2.05) is 0 Å². The zero-order chi connectivity index (χ0) is 10.4. The highest BCUT2D eigenvalue weighted by Crippen LogP contribution is 2.44. The largest absolute Gasteiger partial charge is 0.304 e. The Balaban J connectivity index is 1.94. The van der Waals surface area contributed by atoms with Gasteiger partial charge in [-0.2, -0.15) is 0 Å². The van der Waals surface area contributed by atoms with Crippen molar-refractivity contribution < 1.29 is 0 Å². The van der Waals surface area contributed by atoms with Crippen LogP contribution in [-0.2, 0) is 0 Å². The Morgan fingerprint density at radius 2 is 1.50 bits per heavy atom. The van der Waals surface area contributed by atoms with Crippen molar-refractivity contribution in [3.05, 3.63) is 0 Å². The third-order valence-electron chi connectivity index (χ3n) is 3.77. The summed E-state index contributed by atoms with van der Waals surface area (Å²) in [6.07, 6.45) is 12.9. The zero-order valence-corrected chi connectivity index (χ0v) is 10.3. The molecule has 0 aliphatic heterocycles. The molecular weight excluding hydrogens is 170 g/mol. The van der Waals surface area contributed by atoms with Crippen LogP contribution in [0.2, 0.25) is 0 Å². The van der Waals surface area contributed by atoms with Gasteiger partial charge in [0.2, 0.25) is 0 Å². The highest BCUT2D eigenvalue weighted by atomic mass is 15.2. The molecule has 0 aromatic heterocycles. The molecule has 14 heavy (non-hydrogen) atoms. The molecule has 0 radical (unpaired) electrons. The summed E-state index contributed by atoms with van der Waals surface area (Å²) in [6, 6.07) is 0. The molecule has 0 amide bonds. The maximum Gasteiger partial charge on any atom is 0.0204 e. The van der Waals surface area contributed by atoms with E-state index in [1.54, 1.807) is 0 Å². The van der Waals surface area contributed by atoms with E-state index in [9.17, 15) is 0 Å². The third kappa shape index (κ3) is 3.61. The lowest BCUT2D eigenvalue weighted by Crippen LogP contribution is -2.29. The molecule has 1 aliphatic carbocycles. The highest BCUT2D eigenvalue weighted by molar-refractivity contribution is 5.01. The van der Waals surface area contributed by atoms with Gasteiger partial charge in [-0.25, -0.2) is 0 Å². The van der Waals surface area contributed by atoms with Crippen molar-refractivity contribution in [1.82, 2.24) is 4.90 Å². The lowest BCUT2D eigenvalue weighted by molar-refractivity contribution is 0.249. The Bertz CT molecular complexity index is 147. The van der Waals surface area contributed by atoms with Crippen molar-refractivity contribution >= 4 is 0 Å². The fourth-order valence-corrected chi connectivity index (χ4v) is 2.30. The average molecular weight is 197 g/mol. The fraction of sp³-hybridized carbons (Fsp3) is 1.00. The van der Waals surface area contributed by atoms with Crippen molar-refractivity contribution in [2.45, 2.75) is 70.3 Å². The van der Waals surface area contributed by atoms with Gasteiger partial charge in [0, 0.05) is 5.54 Å². The molecule has 0 saturated heterocycles. The first kappa shape index (κ1) is 12.0. The molecule has 1 aliphatic rings. The summed E-state index contributed by atoms with van der Waals surface area (Å²) < 4.78 is 0. The molecule has 0 atom stereocenters. The van der Waals surface area contributed by atoms with Crippen LogP contribution in [0.3, 0.4) is 0 Å². The van der Waals surface area contributed by atoms with Crippen LogP contribution in [0.25, 0.3) is 0 Å². The normalized spacial score (nSPS) is 18.9. The summed E-state index contributed by atoms with van der Waals surface area (Å²) >= 11 is 0. The summed E-state index contributed by atoms with van der Waals surface area (Å²) in [4.78, 5) is 2.44. The minimum Gasteiger partial charge on any atom is -0.304 e. The van der Waals surface area contributed by atoms with Gasteiger partial charge in [0.05, 0.1) is 0 Å². The molecular formula is C13H27N. The van der Waals surface area contributed by atoms with E-state index in [4.69, 9.17) is 0 Å². The van der Waals surface area contributed by atoms with Crippen LogP contribution in [-0.4, -0.2) is 24.5 Å². The number of hydrogen-bond donors (Lipinski definition) is 0. The van der Waals surface area contributed by atoms with E-state index in [1.165, 1.54) is 57.8 Å². The van der Waals surface area contributed by atoms with Crippen molar-refractivity contribution in [2.75, 3.05) is 14.1 Å². The van der Waals surface area contributed by atoms with Gasteiger partial charge in [-0.05, 0) is 33.4 Å². The van der Waals surface area contributed by atoms with Crippen LogP contribution in [0.5, 0.6) is 0 Å². The molecule has 0 aromatic rings. The first-order chi connectivity index (χ1) is 6.71. The predicted octanol–water partition coefficient (Wildman–Crippen LogP) is 3.83. The number of hydrogen-bond acceptors (Lipinski definition) is 1. The molecule has 0 aromatic carbocycles. The molecule has 1 saturated carbocycles. The Morgan fingerprint density at radius 1 is 0.929 bits per heavy atom. The van der Waals surface area contributed by atoms with Crippen molar-refractivity contribution in [3.8, 4) is 0 Å². The van der Waals surface area contributed by atoms with E-state index >= 15 is 0 Å². The minimum atomic E-state index is 0.630. The maximum absolute atomic E-state index is 2.44. The molecule has 1 nitrogen and oxygen atoms in total. The minimum absolute atomic E-state index is 0.630. The van der Waals surface area contributed by atoms with Gasteiger partial charge in [0.1, 0.15) is 0 Å². The molecule has 0 spiro atoms. The van der Waals surface area contributed by atoms with Gasteiger partial charge < -0.3 is 4.90 Å². The Labute approximate surface area is 89.9 Å². The second-order valence-corrected chi connectivity index (χ2v) is 5.14. The van der Waals surface area contributed by atoms with Crippen LogP contribution in [0.15, 0.2) is 0 Å². The van der Waals surface area contributed by atoms with Crippen LogP contribution in [0.4, 0.5) is 0 Å². The smallest absolute Gasteiger partial charge is 0.0204 e. The van der Waals surface area contributed by atoms with Gasteiger partial charge in [-0.15, -0.1) is 0 Å². The predicted molar refractivity (Wildman–Crippen MR) is 63.6 cm³/mol. The molecule has 0 N–H and O–H groups in total. The first-order valence-electron chi connectivity index (χ1n) is 6.39. The van der Waals surface area contributed by atoms with Crippen LogP contribution in [0.1, 0.15) is 64.7 Å². The van der Waals surface area contributed by atoms with E-state index in [0.29, 0.717) is 5.54 Å². The van der Waals surface area contributed by atoms with Gasteiger partial charge in [0.25, 0.3) is 0 Å². The van der Waals surface area contributed by atoms with E-state index < -0.39 is 0 Å². The third-order valence-corrected chi connectivity index (χ3v) is 3.77. The molecule has 1 heteroatoms. The molecule has 0 bridgehead atoms. The van der Waals surface area contributed by atoms with Gasteiger partial charge in [0.15, 0.2) is 0 Å². The van der Waals surface area contributed by atoms with Crippen molar-refractivity contribution in [1.29, 1.82) is 0 Å². The summed E-state index contributed by atoms with van der Waals surface area (Å²) in [5.74, 6) is 0. The van der Waals surface area contributed by atoms with Gasteiger partial charge >= 0.3 is 0 Å². The molecule has 1 fully saturated rings. The maximum atomic E-state index is 2.44. The second-order valence-electron chi connectivity index (χ2n) is 5.14. The summed E-state index contributed by atoms with van der Waals surface area (Å²) in [5.41, 5.74) is 0.630. The second kappa shape index (κ2) is 5.75. The van der Waals surface area contributed by atoms with E-state index in [0.717, 1.165) is 0 Å². The average Bonchev–Trinajstić information content (AvgIpc) is 2.92. The summed E-state index contributed by atoms with van der Waals surface area (Å²) in [6.45, 7) is 2.28. The van der Waals surface area contributed by atoms with Gasteiger partial charge in [-0.1, -0.05) is 45.4 Å². The lowest BCUT2D eigenvalue weighted by Gasteiger charge is -2.23. The Hall–Kier alpha value is -0.0400. The standard InChI is InChI=1S/C13H27N/c1-4-5-6-7-8-9-10-13(11-12-13)14(2)3/h4-12H2,1-3H3. The van der Waals surface area contributed by atoms with E-state index in [-0.39, 0.29) is 0 Å². The van der Waals surface area contributed by atoms with Crippen LogP contribution in [0, 0.1) is 0 Å². The quantitative estimate of drug-likeness (QED) is 0.535. The fourth-order valence-electron chi connectivity index (χ4n) is 2.30. The van der Waals surface area contributed by atoms with Gasteiger partial charge in [-0.3, -0.25) is 0 Å². The highest BCUT2D eigenvalue weighted by Gasteiger charge is 2.43. The van der Waals surface area contributed by atoms with E-state index in [2.05, 4.69) is 25.9 Å². The molecule has 1 rings (SSSR count). The number of unbranched alkanes of at least 4 members (excludes halogenated alkanes) is 5. The Morgan fingerprint density at radius 3 is 2.00 bits per heavy atom. The van der Waals surface area contributed by atoms with Crippen LogP contribution < -0.4 is 0 Å².